The number of aliphatic hydroxyl groups excluding tert-OH is 1. The van der Waals surface area contributed by atoms with E-state index in [2.05, 4.69) is 29.4 Å². The minimum atomic E-state index is -0.146. The maximum absolute atomic E-state index is 11.4. The molecular weight excluding hydrogens is 408 g/mol. The van der Waals surface area contributed by atoms with Gasteiger partial charge in [0.15, 0.2) is 0 Å². The molecule has 4 unspecified atom stereocenters. The first-order valence-electron chi connectivity index (χ1n) is 13.2. The fraction of sp³-hybridized carbons (Fsp3) is 0.621. The number of hydrogen-bond donors (Lipinski definition) is 3. The second-order valence-corrected chi connectivity index (χ2v) is 11.1. The Morgan fingerprint density at radius 3 is 2.88 bits per heavy atom. The van der Waals surface area contributed by atoms with Crippen molar-refractivity contribution < 1.29 is 10.2 Å². The molecule has 2 aromatic rings. The van der Waals surface area contributed by atoms with Crippen LogP contribution in [0, 0.1) is 23.2 Å². The van der Waals surface area contributed by atoms with Crippen LogP contribution in [0.2, 0.25) is 0 Å². The Labute approximate surface area is 198 Å². The van der Waals surface area contributed by atoms with E-state index in [9.17, 15) is 10.2 Å². The smallest absolute Gasteiger partial charge is 0.115 e. The van der Waals surface area contributed by atoms with E-state index in [-0.39, 0.29) is 11.5 Å². The largest absolute Gasteiger partial charge is 0.508 e. The summed E-state index contributed by atoms with van der Waals surface area (Å²) in [6.07, 6.45) is 12.3. The molecule has 0 radical (unpaired) electrons. The van der Waals surface area contributed by atoms with Crippen molar-refractivity contribution >= 4 is 0 Å². The summed E-state index contributed by atoms with van der Waals surface area (Å²) in [6, 6.07) is 12.1. The quantitative estimate of drug-likeness (QED) is 0.461. The highest BCUT2D eigenvalue weighted by molar-refractivity contribution is 5.40. The van der Waals surface area contributed by atoms with E-state index in [0.717, 1.165) is 38.0 Å². The molecule has 178 valence electrons. The first-order chi connectivity index (χ1) is 16.1. The van der Waals surface area contributed by atoms with Gasteiger partial charge in [0.1, 0.15) is 5.75 Å². The van der Waals surface area contributed by atoms with Gasteiger partial charge in [-0.1, -0.05) is 31.9 Å². The maximum Gasteiger partial charge on any atom is 0.115 e. The Hall–Kier alpha value is -1.91. The van der Waals surface area contributed by atoms with Crippen LogP contribution in [0.1, 0.15) is 81.0 Å². The third-order valence-corrected chi connectivity index (χ3v) is 9.29. The molecule has 2 fully saturated rings. The van der Waals surface area contributed by atoms with Crippen molar-refractivity contribution in [1.29, 1.82) is 0 Å². The first kappa shape index (κ1) is 22.9. The zero-order chi connectivity index (χ0) is 22.8. The monoisotopic (exact) mass is 448 g/mol. The lowest BCUT2D eigenvalue weighted by molar-refractivity contribution is -0.0335. The molecule has 1 aromatic carbocycles. The number of nitrogens with one attached hydrogen (secondary N) is 1. The molecule has 0 amide bonds. The lowest BCUT2D eigenvalue weighted by Crippen LogP contribution is -2.44. The summed E-state index contributed by atoms with van der Waals surface area (Å²) in [5.41, 5.74) is 4.02. The van der Waals surface area contributed by atoms with Gasteiger partial charge in [0.25, 0.3) is 0 Å². The summed E-state index contributed by atoms with van der Waals surface area (Å²) in [7, 11) is 0. The third kappa shape index (κ3) is 4.57. The van der Waals surface area contributed by atoms with Crippen LogP contribution in [0.3, 0.4) is 0 Å². The number of benzene rings is 1. The van der Waals surface area contributed by atoms with Crippen molar-refractivity contribution in [2.24, 2.45) is 23.2 Å². The molecule has 3 aliphatic rings. The number of phenolic OH excluding ortho intramolecular Hbond substituents is 1. The van der Waals surface area contributed by atoms with Crippen LogP contribution in [0.5, 0.6) is 5.75 Å². The number of phenols is 1. The van der Waals surface area contributed by atoms with Crippen LogP contribution < -0.4 is 5.32 Å². The van der Waals surface area contributed by atoms with Crippen LogP contribution in [-0.4, -0.2) is 27.8 Å². The Bertz CT molecular complexity index is 932. The first-order valence-corrected chi connectivity index (χ1v) is 13.2. The van der Waals surface area contributed by atoms with Gasteiger partial charge in [-0.3, -0.25) is 4.98 Å². The van der Waals surface area contributed by atoms with Crippen LogP contribution >= 0.6 is 0 Å². The van der Waals surface area contributed by atoms with E-state index >= 15 is 0 Å². The van der Waals surface area contributed by atoms with Gasteiger partial charge in [-0.2, -0.15) is 0 Å². The number of aliphatic hydroxyl groups is 1. The normalized spacial score (nSPS) is 32.7. The summed E-state index contributed by atoms with van der Waals surface area (Å²) < 4.78 is 0. The van der Waals surface area contributed by atoms with Gasteiger partial charge in [0.05, 0.1) is 11.8 Å². The van der Waals surface area contributed by atoms with Crippen molar-refractivity contribution in [2.45, 2.75) is 83.3 Å². The molecule has 1 aromatic heterocycles. The summed E-state index contributed by atoms with van der Waals surface area (Å²) in [6.45, 7) is 4.25. The second-order valence-electron chi connectivity index (χ2n) is 11.1. The molecule has 5 rings (SSSR count). The van der Waals surface area contributed by atoms with E-state index in [1.54, 1.807) is 0 Å². The summed E-state index contributed by atoms with van der Waals surface area (Å²) in [5, 5.41) is 24.8. The van der Waals surface area contributed by atoms with Crippen LogP contribution in [0.15, 0.2) is 42.6 Å². The highest BCUT2D eigenvalue weighted by Crippen LogP contribution is 2.62. The van der Waals surface area contributed by atoms with E-state index in [0.29, 0.717) is 29.4 Å². The molecular formula is C29H40N2O2. The second kappa shape index (κ2) is 9.76. The molecule has 1 heterocycles. The lowest BCUT2D eigenvalue weighted by atomic mass is 9.55. The van der Waals surface area contributed by atoms with Gasteiger partial charge in [-0.25, -0.2) is 0 Å². The number of pyridine rings is 1. The third-order valence-electron chi connectivity index (χ3n) is 9.29. The summed E-state index contributed by atoms with van der Waals surface area (Å²) >= 11 is 0. The lowest BCUT2D eigenvalue weighted by Gasteiger charge is -2.50. The molecule has 2 saturated carbocycles. The maximum atomic E-state index is 11.4. The van der Waals surface area contributed by atoms with Gasteiger partial charge in [0, 0.05) is 12.7 Å². The SMILES string of the molecule is C[C@]12CCC3c4ccc(O)cc4CCC3C1CC(CCCCCNCc1ccccn1)[C@@H]2O. The number of nitrogens with zero attached hydrogens (tertiary/aromatic N) is 1. The molecule has 0 saturated heterocycles. The molecule has 33 heavy (non-hydrogen) atoms. The van der Waals surface area contributed by atoms with Gasteiger partial charge < -0.3 is 15.5 Å². The van der Waals surface area contributed by atoms with Crippen LogP contribution in [0.4, 0.5) is 0 Å². The fourth-order valence-corrected chi connectivity index (χ4v) is 7.55. The van der Waals surface area contributed by atoms with Crippen LogP contribution in [-0.2, 0) is 13.0 Å². The molecule has 4 nitrogen and oxygen atoms in total. The molecule has 3 aliphatic carbocycles. The van der Waals surface area contributed by atoms with Gasteiger partial charge in [-0.15, -0.1) is 0 Å². The molecule has 4 heteroatoms. The molecule has 6 atom stereocenters. The summed E-state index contributed by atoms with van der Waals surface area (Å²) in [4.78, 5) is 4.36. The number of aromatic hydroxyl groups is 1. The highest BCUT2D eigenvalue weighted by atomic mass is 16.3. The zero-order valence-electron chi connectivity index (χ0n) is 20.0. The van der Waals surface area contributed by atoms with E-state index in [4.69, 9.17) is 0 Å². The number of hydrogen-bond acceptors (Lipinski definition) is 4. The Kier molecular flexibility index (Phi) is 6.76. The van der Waals surface area contributed by atoms with E-state index in [1.807, 2.05) is 30.5 Å². The number of fused-ring (bicyclic) bond motifs is 5. The Morgan fingerprint density at radius 2 is 2.03 bits per heavy atom. The van der Waals surface area contributed by atoms with E-state index in [1.165, 1.54) is 49.7 Å². The standard InChI is InChI=1S/C29H40N2O2/c1-29-14-13-25-24-12-10-23(32)17-20(24)9-11-26(25)27(29)18-21(28(29)33)7-3-2-5-15-30-19-22-8-4-6-16-31-22/h4,6,8,10,12,16-17,21,25-28,30,32-33H,2-3,5,7,9,11,13-15,18-19H2,1H3/t21?,25?,26?,27?,28-,29-/m0/s1. The minimum absolute atomic E-state index is 0.0878. The van der Waals surface area contributed by atoms with Crippen molar-refractivity contribution in [3.8, 4) is 5.75 Å². The average Bonchev–Trinajstić information content (AvgIpc) is 3.09. The minimum Gasteiger partial charge on any atom is -0.508 e. The van der Waals surface area contributed by atoms with Crippen LogP contribution in [0.25, 0.3) is 0 Å². The molecule has 3 N–H and O–H groups in total. The van der Waals surface area contributed by atoms with Gasteiger partial charge >= 0.3 is 0 Å². The summed E-state index contributed by atoms with van der Waals surface area (Å²) in [5.74, 6) is 2.80. The number of aryl methyl sites for hydroxylation is 1. The molecule has 0 spiro atoms. The predicted octanol–water partition coefficient (Wildman–Crippen LogP) is 5.58. The topological polar surface area (TPSA) is 65.4 Å². The van der Waals surface area contributed by atoms with Gasteiger partial charge in [-0.05, 0) is 116 Å². The Morgan fingerprint density at radius 1 is 1.12 bits per heavy atom. The average molecular weight is 449 g/mol. The van der Waals surface area contributed by atoms with Crippen molar-refractivity contribution in [1.82, 2.24) is 10.3 Å². The van der Waals surface area contributed by atoms with E-state index < -0.39 is 0 Å². The fourth-order valence-electron chi connectivity index (χ4n) is 7.55. The number of unbranched alkanes of at least 4 members (excludes halogenated alkanes) is 2. The zero-order valence-corrected chi connectivity index (χ0v) is 20.0. The van der Waals surface area contributed by atoms with Crippen molar-refractivity contribution in [3.63, 3.8) is 0 Å². The van der Waals surface area contributed by atoms with Crippen molar-refractivity contribution in [2.75, 3.05) is 6.54 Å². The van der Waals surface area contributed by atoms with Crippen molar-refractivity contribution in [3.05, 3.63) is 59.4 Å². The Balaban J connectivity index is 1.11. The predicted molar refractivity (Wildman–Crippen MR) is 132 cm³/mol. The molecule has 0 aliphatic heterocycles. The number of rotatable bonds is 8. The van der Waals surface area contributed by atoms with Gasteiger partial charge in [0.2, 0.25) is 0 Å². The highest BCUT2D eigenvalue weighted by Gasteiger charge is 2.57. The number of aromatic nitrogens is 1. The molecule has 0 bridgehead atoms.